The quantitative estimate of drug-likeness (QED) is 0.320. The first kappa shape index (κ1) is 22.9. The molecule has 23 heavy (non-hydrogen) atoms. The summed E-state index contributed by atoms with van der Waals surface area (Å²) in [5.41, 5.74) is 0. The van der Waals surface area contributed by atoms with Crippen LogP contribution in [0.1, 0.15) is 96.8 Å². The van der Waals surface area contributed by atoms with E-state index in [1.54, 1.807) is 0 Å². The Kier molecular flexibility index (Phi) is 18.1. The summed E-state index contributed by atoms with van der Waals surface area (Å²) < 4.78 is 0. The molecule has 140 valence electrons. The molecule has 0 aliphatic heterocycles. The molecule has 3 N–H and O–H groups in total. The number of unbranched alkanes of at least 4 members (excludes halogenated alkanes) is 10. The summed E-state index contributed by atoms with van der Waals surface area (Å²) in [6.07, 6.45) is 16.6. The minimum absolute atomic E-state index is 0.214. The van der Waals surface area contributed by atoms with Crippen LogP contribution in [0.2, 0.25) is 0 Å². The lowest BCUT2D eigenvalue weighted by Gasteiger charge is -2.24. The minimum Gasteiger partial charge on any atom is -0.396 e. The molecule has 0 aliphatic rings. The van der Waals surface area contributed by atoms with Gasteiger partial charge in [-0.25, -0.2) is 0 Å². The van der Waals surface area contributed by atoms with E-state index >= 15 is 0 Å². The third-order valence-corrected chi connectivity index (χ3v) is 5.05. The maximum absolute atomic E-state index is 9.63. The number of aliphatic hydroxyl groups excluding tert-OH is 3. The SMILES string of the molecule is CCCCCCCCC(CO)C(CO)CCCCCCCCO. The van der Waals surface area contributed by atoms with Crippen molar-refractivity contribution in [3.8, 4) is 0 Å². The Morgan fingerprint density at radius 3 is 1.30 bits per heavy atom. The zero-order valence-corrected chi connectivity index (χ0v) is 15.5. The van der Waals surface area contributed by atoms with Crippen molar-refractivity contribution in [1.82, 2.24) is 0 Å². The number of hydrogen-bond acceptors (Lipinski definition) is 3. The summed E-state index contributed by atoms with van der Waals surface area (Å²) in [7, 11) is 0. The molecule has 2 atom stereocenters. The van der Waals surface area contributed by atoms with E-state index in [-0.39, 0.29) is 25.0 Å². The molecule has 0 aromatic heterocycles. The van der Waals surface area contributed by atoms with E-state index in [0.717, 1.165) is 32.1 Å². The Balaban J connectivity index is 3.72. The van der Waals surface area contributed by atoms with Crippen molar-refractivity contribution in [2.45, 2.75) is 96.8 Å². The fourth-order valence-electron chi connectivity index (χ4n) is 3.36. The van der Waals surface area contributed by atoms with Crippen LogP contribution < -0.4 is 0 Å². The molecule has 0 aromatic carbocycles. The van der Waals surface area contributed by atoms with Crippen LogP contribution in [0.15, 0.2) is 0 Å². The highest BCUT2D eigenvalue weighted by molar-refractivity contribution is 4.69. The largest absolute Gasteiger partial charge is 0.396 e. The molecule has 0 aromatic rings. The van der Waals surface area contributed by atoms with Gasteiger partial charge < -0.3 is 15.3 Å². The second-order valence-corrected chi connectivity index (χ2v) is 7.08. The molecule has 0 saturated carbocycles. The van der Waals surface area contributed by atoms with Gasteiger partial charge in [0, 0.05) is 19.8 Å². The summed E-state index contributed by atoms with van der Waals surface area (Å²) in [6.45, 7) is 2.98. The topological polar surface area (TPSA) is 60.7 Å². The molecule has 2 unspecified atom stereocenters. The van der Waals surface area contributed by atoms with Gasteiger partial charge in [0.15, 0.2) is 0 Å². The summed E-state index contributed by atoms with van der Waals surface area (Å²) in [5.74, 6) is 0.550. The zero-order valence-electron chi connectivity index (χ0n) is 15.5. The standard InChI is InChI=1S/C20H42O3/c1-2-3-4-5-8-11-14-19(17-22)20(18-23)15-12-9-6-7-10-13-16-21/h19-23H,2-18H2,1H3. The van der Waals surface area contributed by atoms with Crippen LogP contribution in [0.25, 0.3) is 0 Å². The summed E-state index contributed by atoms with van der Waals surface area (Å²) in [4.78, 5) is 0. The lowest BCUT2D eigenvalue weighted by atomic mass is 9.85. The van der Waals surface area contributed by atoms with Crippen LogP contribution in [0.3, 0.4) is 0 Å². The van der Waals surface area contributed by atoms with Gasteiger partial charge in [-0.1, -0.05) is 77.6 Å². The van der Waals surface area contributed by atoms with Gasteiger partial charge in [0.25, 0.3) is 0 Å². The Morgan fingerprint density at radius 1 is 0.522 bits per heavy atom. The van der Waals surface area contributed by atoms with Crippen molar-refractivity contribution in [1.29, 1.82) is 0 Å². The van der Waals surface area contributed by atoms with E-state index in [9.17, 15) is 10.2 Å². The van der Waals surface area contributed by atoms with E-state index in [4.69, 9.17) is 5.11 Å². The molecule has 3 heteroatoms. The maximum atomic E-state index is 9.63. The highest BCUT2D eigenvalue weighted by Gasteiger charge is 2.19. The molecule has 0 bridgehead atoms. The van der Waals surface area contributed by atoms with E-state index in [0.29, 0.717) is 6.61 Å². The second-order valence-electron chi connectivity index (χ2n) is 7.08. The fourth-order valence-corrected chi connectivity index (χ4v) is 3.36. The van der Waals surface area contributed by atoms with Crippen LogP contribution in [0, 0.1) is 11.8 Å². The molecule has 0 amide bonds. The van der Waals surface area contributed by atoms with E-state index in [1.165, 1.54) is 57.8 Å². The first-order valence-corrected chi connectivity index (χ1v) is 10.1. The number of hydrogen-bond donors (Lipinski definition) is 3. The second kappa shape index (κ2) is 18.2. The Bertz CT molecular complexity index is 221. The monoisotopic (exact) mass is 330 g/mol. The first-order chi connectivity index (χ1) is 11.3. The number of aliphatic hydroxyl groups is 3. The van der Waals surface area contributed by atoms with Crippen molar-refractivity contribution >= 4 is 0 Å². The van der Waals surface area contributed by atoms with Crippen molar-refractivity contribution in [3.05, 3.63) is 0 Å². The molecule has 0 radical (unpaired) electrons. The van der Waals surface area contributed by atoms with Gasteiger partial charge in [-0.3, -0.25) is 0 Å². The van der Waals surface area contributed by atoms with Gasteiger partial charge in [-0.15, -0.1) is 0 Å². The number of rotatable bonds is 18. The average Bonchev–Trinajstić information content (AvgIpc) is 2.58. The highest BCUT2D eigenvalue weighted by atomic mass is 16.3. The molecule has 0 saturated heterocycles. The van der Waals surface area contributed by atoms with E-state index < -0.39 is 0 Å². The summed E-state index contributed by atoms with van der Waals surface area (Å²) in [5, 5.41) is 28.0. The molecule has 0 rings (SSSR count). The van der Waals surface area contributed by atoms with Gasteiger partial charge in [-0.2, -0.15) is 0 Å². The third kappa shape index (κ3) is 14.0. The summed E-state index contributed by atoms with van der Waals surface area (Å²) in [6, 6.07) is 0. The Morgan fingerprint density at radius 2 is 0.913 bits per heavy atom. The van der Waals surface area contributed by atoms with Crippen molar-refractivity contribution in [2.24, 2.45) is 11.8 Å². The van der Waals surface area contributed by atoms with Crippen LogP contribution in [0.4, 0.5) is 0 Å². The van der Waals surface area contributed by atoms with Gasteiger partial charge >= 0.3 is 0 Å². The Labute approximate surface area is 144 Å². The molecular formula is C20H42O3. The minimum atomic E-state index is 0.214. The van der Waals surface area contributed by atoms with Crippen molar-refractivity contribution in [3.63, 3.8) is 0 Å². The molecule has 0 spiro atoms. The average molecular weight is 331 g/mol. The highest BCUT2D eigenvalue weighted by Crippen LogP contribution is 2.24. The fraction of sp³-hybridized carbons (Fsp3) is 1.00. The van der Waals surface area contributed by atoms with Crippen molar-refractivity contribution < 1.29 is 15.3 Å². The van der Waals surface area contributed by atoms with Crippen LogP contribution in [-0.2, 0) is 0 Å². The smallest absolute Gasteiger partial charge is 0.0462 e. The van der Waals surface area contributed by atoms with Crippen molar-refractivity contribution in [2.75, 3.05) is 19.8 Å². The predicted octanol–water partition coefficient (Wildman–Crippen LogP) is 4.68. The summed E-state index contributed by atoms with van der Waals surface area (Å²) >= 11 is 0. The van der Waals surface area contributed by atoms with Gasteiger partial charge in [0.1, 0.15) is 0 Å². The van der Waals surface area contributed by atoms with Crippen LogP contribution in [-0.4, -0.2) is 35.1 Å². The van der Waals surface area contributed by atoms with Gasteiger partial charge in [-0.05, 0) is 31.1 Å². The maximum Gasteiger partial charge on any atom is 0.0462 e. The Hall–Kier alpha value is -0.120. The lowest BCUT2D eigenvalue weighted by molar-refractivity contribution is 0.104. The van der Waals surface area contributed by atoms with E-state index in [2.05, 4.69) is 6.92 Å². The third-order valence-electron chi connectivity index (χ3n) is 5.05. The lowest BCUT2D eigenvalue weighted by Crippen LogP contribution is -2.22. The molecule has 3 nitrogen and oxygen atoms in total. The van der Waals surface area contributed by atoms with Gasteiger partial charge in [0.2, 0.25) is 0 Å². The molecule has 0 aliphatic carbocycles. The molecule has 0 heterocycles. The molecular weight excluding hydrogens is 288 g/mol. The van der Waals surface area contributed by atoms with Crippen LogP contribution in [0.5, 0.6) is 0 Å². The first-order valence-electron chi connectivity index (χ1n) is 10.1. The normalized spacial score (nSPS) is 14.1. The van der Waals surface area contributed by atoms with Gasteiger partial charge in [0.05, 0.1) is 0 Å². The predicted molar refractivity (Wildman–Crippen MR) is 98.5 cm³/mol. The van der Waals surface area contributed by atoms with E-state index in [1.807, 2.05) is 0 Å². The zero-order chi connectivity index (χ0) is 17.2. The van der Waals surface area contributed by atoms with Crippen LogP contribution >= 0.6 is 0 Å². The molecule has 0 fully saturated rings.